The van der Waals surface area contributed by atoms with Gasteiger partial charge in [-0.15, -0.1) is 0 Å². The molecule has 0 aliphatic heterocycles. The van der Waals surface area contributed by atoms with Crippen LogP contribution in [-0.2, 0) is 4.74 Å². The van der Waals surface area contributed by atoms with Crippen molar-refractivity contribution in [2.45, 2.75) is 91.1 Å². The molecule has 0 saturated carbocycles. The number of aromatic carboxylic acids is 1. The number of carbonyl (C=O) groups excluding carboxylic acids is 1. The zero-order valence-electron chi connectivity index (χ0n) is 17.2. The van der Waals surface area contributed by atoms with Crippen molar-refractivity contribution >= 4 is 11.9 Å². The van der Waals surface area contributed by atoms with Crippen molar-refractivity contribution in [3.63, 3.8) is 0 Å². The first kappa shape index (κ1) is 23.2. The number of rotatable bonds is 14. The molecule has 0 heterocycles. The summed E-state index contributed by atoms with van der Waals surface area (Å²) in [4.78, 5) is 23.4. The number of hydrogen-bond acceptors (Lipinski definition) is 3. The molecule has 152 valence electrons. The van der Waals surface area contributed by atoms with Gasteiger partial charge >= 0.3 is 11.9 Å². The summed E-state index contributed by atoms with van der Waals surface area (Å²) >= 11 is 0. The molecule has 4 heteroatoms. The Balaban J connectivity index is 2.53. The zero-order valence-corrected chi connectivity index (χ0v) is 17.2. The molecule has 0 aliphatic rings. The Morgan fingerprint density at radius 2 is 1.37 bits per heavy atom. The summed E-state index contributed by atoms with van der Waals surface area (Å²) in [5.41, 5.74) is 0.589. The van der Waals surface area contributed by atoms with Gasteiger partial charge in [0.1, 0.15) is 6.10 Å². The highest BCUT2D eigenvalue weighted by molar-refractivity contribution is 5.92. The maximum absolute atomic E-state index is 12.4. The second kappa shape index (κ2) is 13.3. The van der Waals surface area contributed by atoms with Crippen molar-refractivity contribution in [1.82, 2.24) is 0 Å². The molecule has 4 nitrogen and oxygen atoms in total. The fourth-order valence-corrected chi connectivity index (χ4v) is 3.13. The number of ether oxygens (including phenoxy) is 1. The summed E-state index contributed by atoms with van der Waals surface area (Å²) in [5.74, 6) is -0.610. The number of esters is 1. The molecule has 1 aromatic carbocycles. The highest BCUT2D eigenvalue weighted by Crippen LogP contribution is 2.18. The summed E-state index contributed by atoms with van der Waals surface area (Å²) in [5, 5.41) is 8.96. The fourth-order valence-electron chi connectivity index (χ4n) is 3.13. The van der Waals surface area contributed by atoms with Crippen LogP contribution in [-0.4, -0.2) is 23.1 Å². The third-order valence-electron chi connectivity index (χ3n) is 4.83. The van der Waals surface area contributed by atoms with Gasteiger partial charge in [-0.1, -0.05) is 59.3 Å². The van der Waals surface area contributed by atoms with Crippen LogP contribution < -0.4 is 0 Å². The molecule has 1 rings (SSSR count). The summed E-state index contributed by atoms with van der Waals surface area (Å²) in [6, 6.07) is 5.95. The van der Waals surface area contributed by atoms with Crippen LogP contribution in [0.3, 0.4) is 0 Å². The molecule has 0 fully saturated rings. The second-order valence-corrected chi connectivity index (χ2v) is 7.79. The number of hydrogen-bond donors (Lipinski definition) is 1. The summed E-state index contributed by atoms with van der Waals surface area (Å²) in [6.07, 6.45) is 11.1. The van der Waals surface area contributed by atoms with Crippen LogP contribution >= 0.6 is 0 Å². The van der Waals surface area contributed by atoms with E-state index in [0.717, 1.165) is 31.6 Å². The lowest BCUT2D eigenvalue weighted by molar-refractivity contribution is 0.0248. The average Bonchev–Trinajstić information content (AvgIpc) is 2.64. The van der Waals surface area contributed by atoms with E-state index in [2.05, 4.69) is 20.8 Å². The fraction of sp³-hybridized carbons (Fsp3) is 0.652. The van der Waals surface area contributed by atoms with Gasteiger partial charge in [0.05, 0.1) is 11.1 Å². The van der Waals surface area contributed by atoms with E-state index in [4.69, 9.17) is 9.84 Å². The summed E-state index contributed by atoms with van der Waals surface area (Å²) in [7, 11) is 0. The predicted molar refractivity (Wildman–Crippen MR) is 109 cm³/mol. The smallest absolute Gasteiger partial charge is 0.338 e. The van der Waals surface area contributed by atoms with Gasteiger partial charge < -0.3 is 9.84 Å². The molecule has 0 spiro atoms. The lowest BCUT2D eigenvalue weighted by atomic mass is 10.0. The number of carbonyl (C=O) groups is 2. The monoisotopic (exact) mass is 376 g/mol. The van der Waals surface area contributed by atoms with Gasteiger partial charge in [0.15, 0.2) is 0 Å². The molecule has 0 aromatic heterocycles. The third kappa shape index (κ3) is 10.2. The molecule has 0 radical (unpaired) electrons. The first-order chi connectivity index (χ1) is 12.9. The molecule has 1 atom stereocenters. The maximum atomic E-state index is 12.4. The van der Waals surface area contributed by atoms with Crippen molar-refractivity contribution in [3.05, 3.63) is 35.4 Å². The Bertz CT molecular complexity index is 548. The molecule has 0 aliphatic carbocycles. The maximum Gasteiger partial charge on any atom is 0.338 e. The van der Waals surface area contributed by atoms with Crippen LogP contribution in [0, 0.1) is 5.92 Å². The van der Waals surface area contributed by atoms with E-state index in [1.54, 1.807) is 0 Å². The average molecular weight is 377 g/mol. The van der Waals surface area contributed by atoms with Crippen molar-refractivity contribution in [1.29, 1.82) is 0 Å². The number of carboxylic acid groups (broad SMARTS) is 1. The molecular weight excluding hydrogens is 340 g/mol. The Kier molecular flexibility index (Phi) is 11.5. The van der Waals surface area contributed by atoms with Crippen LogP contribution in [0.2, 0.25) is 0 Å². The van der Waals surface area contributed by atoms with Gasteiger partial charge in [0.2, 0.25) is 0 Å². The van der Waals surface area contributed by atoms with E-state index in [1.165, 1.54) is 62.8 Å². The van der Waals surface area contributed by atoms with Crippen molar-refractivity contribution in [3.8, 4) is 0 Å². The molecule has 1 aromatic rings. The van der Waals surface area contributed by atoms with E-state index < -0.39 is 5.97 Å². The second-order valence-electron chi connectivity index (χ2n) is 7.79. The normalized spacial score (nSPS) is 12.1. The van der Waals surface area contributed by atoms with Gasteiger partial charge in [-0.25, -0.2) is 9.59 Å². The molecule has 27 heavy (non-hydrogen) atoms. The number of benzene rings is 1. The quantitative estimate of drug-likeness (QED) is 0.298. The van der Waals surface area contributed by atoms with Crippen LogP contribution in [0.5, 0.6) is 0 Å². The predicted octanol–water partition coefficient (Wildman–Crippen LogP) is 6.49. The van der Waals surface area contributed by atoms with Crippen molar-refractivity contribution in [2.75, 3.05) is 0 Å². The van der Waals surface area contributed by atoms with E-state index >= 15 is 0 Å². The highest BCUT2D eigenvalue weighted by Gasteiger charge is 2.16. The molecule has 0 bridgehead atoms. The van der Waals surface area contributed by atoms with E-state index in [0.29, 0.717) is 5.56 Å². The zero-order chi connectivity index (χ0) is 20.1. The molecule has 1 unspecified atom stereocenters. The van der Waals surface area contributed by atoms with Gasteiger partial charge in [-0.3, -0.25) is 0 Å². The molecule has 0 amide bonds. The Hall–Kier alpha value is -1.84. The third-order valence-corrected chi connectivity index (χ3v) is 4.83. The van der Waals surface area contributed by atoms with E-state index in [-0.39, 0.29) is 17.6 Å². The van der Waals surface area contributed by atoms with Crippen LogP contribution in [0.15, 0.2) is 24.3 Å². The first-order valence-corrected chi connectivity index (χ1v) is 10.5. The summed E-state index contributed by atoms with van der Waals surface area (Å²) < 4.78 is 5.76. The number of unbranched alkanes of at least 4 members (excludes halogenated alkanes) is 5. The lowest BCUT2D eigenvalue weighted by Crippen LogP contribution is -2.18. The topological polar surface area (TPSA) is 63.6 Å². The summed E-state index contributed by atoms with van der Waals surface area (Å²) in [6.45, 7) is 6.68. The van der Waals surface area contributed by atoms with Crippen molar-refractivity contribution in [2.24, 2.45) is 5.92 Å². The van der Waals surface area contributed by atoms with E-state index in [9.17, 15) is 9.59 Å². The minimum Gasteiger partial charge on any atom is -0.478 e. The highest BCUT2D eigenvalue weighted by atomic mass is 16.5. The minimum atomic E-state index is -0.995. The van der Waals surface area contributed by atoms with Gasteiger partial charge in [-0.2, -0.15) is 0 Å². The van der Waals surface area contributed by atoms with Gasteiger partial charge in [0, 0.05) is 0 Å². The van der Waals surface area contributed by atoms with E-state index in [1.807, 2.05) is 0 Å². The lowest BCUT2D eigenvalue weighted by Gasteiger charge is -2.18. The Labute approximate surface area is 164 Å². The molecule has 0 saturated heterocycles. The minimum absolute atomic E-state index is 0.0486. The SMILES string of the molecule is CCCCCCC(CCCCCC(C)C)OC(=O)c1ccc(C(=O)O)cc1. The van der Waals surface area contributed by atoms with Crippen LogP contribution in [0.4, 0.5) is 0 Å². The van der Waals surface area contributed by atoms with Crippen molar-refractivity contribution < 1.29 is 19.4 Å². The van der Waals surface area contributed by atoms with Crippen LogP contribution in [0.25, 0.3) is 0 Å². The Morgan fingerprint density at radius 1 is 0.852 bits per heavy atom. The molecular formula is C23H36O4. The van der Waals surface area contributed by atoms with Crippen LogP contribution in [0.1, 0.15) is 106 Å². The Morgan fingerprint density at radius 3 is 1.89 bits per heavy atom. The first-order valence-electron chi connectivity index (χ1n) is 10.5. The van der Waals surface area contributed by atoms with Gasteiger partial charge in [0.25, 0.3) is 0 Å². The molecule has 1 N–H and O–H groups in total. The standard InChI is InChI=1S/C23H36O4/c1-4-5-6-9-12-21(13-10-7-8-11-18(2)3)27-23(26)20-16-14-19(15-17-20)22(24)25/h14-18,21H,4-13H2,1-3H3,(H,24,25). The number of carboxylic acids is 1. The largest absolute Gasteiger partial charge is 0.478 e. The van der Waals surface area contributed by atoms with Gasteiger partial charge in [-0.05, 0) is 55.9 Å².